The van der Waals surface area contributed by atoms with Crippen LogP contribution in [-0.4, -0.2) is 49.3 Å². The molecule has 33 heavy (non-hydrogen) atoms. The fraction of sp³-hybridized carbons (Fsp3) is 0.500. The molecule has 3 aromatic heterocycles. The van der Waals surface area contributed by atoms with Gasteiger partial charge in [-0.2, -0.15) is 5.10 Å². The number of rotatable bonds is 5. The third-order valence-corrected chi connectivity index (χ3v) is 6.84. The Morgan fingerprint density at radius 3 is 2.85 bits per heavy atom. The van der Waals surface area contributed by atoms with E-state index in [4.69, 9.17) is 4.98 Å². The number of nitrogens with one attached hydrogen (secondary N) is 1. The molecule has 8 nitrogen and oxygen atoms in total. The van der Waals surface area contributed by atoms with Crippen molar-refractivity contribution in [2.24, 2.45) is 0 Å². The zero-order valence-electron chi connectivity index (χ0n) is 18.7. The van der Waals surface area contributed by atoms with Crippen LogP contribution >= 0.6 is 0 Å². The Balaban J connectivity index is 1.42. The van der Waals surface area contributed by atoms with Gasteiger partial charge in [-0.1, -0.05) is 6.92 Å². The average molecular weight is 453 g/mol. The van der Waals surface area contributed by atoms with Crippen LogP contribution in [0, 0.1) is 5.82 Å². The molecule has 0 aromatic carbocycles. The summed E-state index contributed by atoms with van der Waals surface area (Å²) in [6.07, 6.45) is 9.89. The highest BCUT2D eigenvalue weighted by Gasteiger charge is 2.30. The maximum Gasteiger partial charge on any atom is 0.256 e. The van der Waals surface area contributed by atoms with Gasteiger partial charge in [0.2, 0.25) is 0 Å². The van der Waals surface area contributed by atoms with E-state index in [0.29, 0.717) is 24.1 Å². The second kappa shape index (κ2) is 9.05. The number of aromatic nitrogens is 4. The van der Waals surface area contributed by atoms with Gasteiger partial charge >= 0.3 is 0 Å². The number of amides is 1. The Labute approximate surface area is 191 Å². The lowest BCUT2D eigenvalue weighted by Crippen LogP contribution is -2.38. The van der Waals surface area contributed by atoms with Gasteiger partial charge in [0.15, 0.2) is 5.65 Å². The molecule has 1 aliphatic heterocycles. The Hall–Kier alpha value is -3.07. The topological polar surface area (TPSA) is 95.7 Å². The molecule has 2 fully saturated rings. The smallest absolute Gasteiger partial charge is 0.256 e. The van der Waals surface area contributed by atoms with Gasteiger partial charge in [0.25, 0.3) is 5.91 Å². The molecule has 1 amide bonds. The second-order valence-electron chi connectivity index (χ2n) is 8.99. The monoisotopic (exact) mass is 452 g/mol. The fourth-order valence-electron chi connectivity index (χ4n) is 5.09. The van der Waals surface area contributed by atoms with Crippen LogP contribution in [0.15, 0.2) is 30.7 Å². The highest BCUT2D eigenvalue weighted by Crippen LogP contribution is 2.37. The third-order valence-electron chi connectivity index (χ3n) is 6.84. The number of nitrogens with zero attached hydrogens (tertiary/aromatic N) is 5. The summed E-state index contributed by atoms with van der Waals surface area (Å²) < 4.78 is 15.6. The molecule has 0 spiro atoms. The molecular formula is C24H29FN6O2. The van der Waals surface area contributed by atoms with Crippen LogP contribution in [0.4, 0.5) is 10.2 Å². The molecule has 4 heterocycles. The van der Waals surface area contributed by atoms with Crippen LogP contribution in [0.5, 0.6) is 0 Å². The summed E-state index contributed by atoms with van der Waals surface area (Å²) >= 11 is 0. The average Bonchev–Trinajstić information content (AvgIpc) is 3.47. The molecule has 9 heteroatoms. The highest BCUT2D eigenvalue weighted by molar-refractivity contribution is 5.99. The molecule has 1 atom stereocenters. The summed E-state index contributed by atoms with van der Waals surface area (Å²) in [6, 6.07) is 3.52. The van der Waals surface area contributed by atoms with Crippen LogP contribution in [-0.2, 0) is 6.42 Å². The number of aliphatic hydroxyl groups is 1. The first-order valence-electron chi connectivity index (χ1n) is 11.8. The zero-order valence-corrected chi connectivity index (χ0v) is 18.7. The van der Waals surface area contributed by atoms with Crippen LogP contribution < -0.4 is 10.2 Å². The van der Waals surface area contributed by atoms with Gasteiger partial charge in [0.1, 0.15) is 17.2 Å². The Morgan fingerprint density at radius 2 is 2.06 bits per heavy atom. The van der Waals surface area contributed by atoms with Crippen LogP contribution in [0.25, 0.3) is 5.65 Å². The van der Waals surface area contributed by atoms with Gasteiger partial charge < -0.3 is 15.3 Å². The number of carbonyl (C=O) groups is 1. The standard InChI is InChI=1S/C24H29FN6O2/c1-2-20-18(12-15(25)13-26-20)21-4-3-10-30(21)22-9-11-31-23(29-22)19(14-27-31)24(33)28-16-5-7-17(32)8-6-16/h9,11-14,16-17,21,32H,2-8,10H2,1H3,(H,28,33)/t16-,17-,21-/m1/s1. The highest BCUT2D eigenvalue weighted by atomic mass is 19.1. The SMILES string of the molecule is CCc1ncc(F)cc1[C@H]1CCCN1c1ccn2ncc(C(=O)N[C@H]3CC[C@H](O)CC3)c2n1. The quantitative estimate of drug-likeness (QED) is 0.617. The first kappa shape index (κ1) is 21.8. The van der Waals surface area contributed by atoms with E-state index in [9.17, 15) is 14.3 Å². The van der Waals surface area contributed by atoms with Crippen molar-refractivity contribution in [2.45, 2.75) is 70.1 Å². The molecule has 2 aliphatic rings. The summed E-state index contributed by atoms with van der Waals surface area (Å²) in [5.74, 6) is 0.214. The number of fused-ring (bicyclic) bond motifs is 1. The van der Waals surface area contributed by atoms with Crippen molar-refractivity contribution >= 4 is 17.4 Å². The summed E-state index contributed by atoms with van der Waals surface area (Å²) in [5.41, 5.74) is 2.74. The lowest BCUT2D eigenvalue weighted by atomic mass is 9.93. The molecule has 0 unspecified atom stereocenters. The minimum absolute atomic E-state index is 0.00744. The molecule has 2 N–H and O–H groups in total. The van der Waals surface area contributed by atoms with Gasteiger partial charge in [-0.3, -0.25) is 9.78 Å². The number of carbonyl (C=O) groups excluding carboxylic acids is 1. The van der Waals surface area contributed by atoms with Gasteiger partial charge in [-0.05, 0) is 62.6 Å². The predicted octanol–water partition coefficient (Wildman–Crippen LogP) is 3.20. The molecule has 1 saturated carbocycles. The van der Waals surface area contributed by atoms with E-state index in [1.807, 2.05) is 19.2 Å². The van der Waals surface area contributed by atoms with Gasteiger partial charge in [0.05, 0.1) is 24.5 Å². The maximum absolute atomic E-state index is 14.0. The minimum atomic E-state index is -0.331. The third kappa shape index (κ3) is 4.29. The van der Waals surface area contributed by atoms with E-state index in [-0.39, 0.29) is 29.9 Å². The predicted molar refractivity (Wildman–Crippen MR) is 122 cm³/mol. The van der Waals surface area contributed by atoms with Gasteiger partial charge in [-0.25, -0.2) is 13.9 Å². The first-order valence-corrected chi connectivity index (χ1v) is 11.8. The van der Waals surface area contributed by atoms with Crippen molar-refractivity contribution in [2.75, 3.05) is 11.4 Å². The number of hydrogen-bond acceptors (Lipinski definition) is 6. The summed E-state index contributed by atoms with van der Waals surface area (Å²) in [6.45, 7) is 2.82. The van der Waals surface area contributed by atoms with E-state index < -0.39 is 0 Å². The number of hydrogen-bond donors (Lipinski definition) is 2. The van der Waals surface area contributed by atoms with E-state index in [1.165, 1.54) is 6.20 Å². The molecule has 1 aliphatic carbocycles. The first-order chi connectivity index (χ1) is 16.0. The van der Waals surface area contributed by atoms with Crippen LogP contribution in [0.3, 0.4) is 0 Å². The minimum Gasteiger partial charge on any atom is -0.393 e. The molecule has 5 rings (SSSR count). The van der Waals surface area contributed by atoms with Crippen molar-refractivity contribution in [3.05, 3.63) is 53.4 Å². The summed E-state index contributed by atoms with van der Waals surface area (Å²) in [7, 11) is 0. The van der Waals surface area contributed by atoms with Crippen LogP contribution in [0.2, 0.25) is 0 Å². The molecule has 0 bridgehead atoms. The summed E-state index contributed by atoms with van der Waals surface area (Å²) in [5, 5.41) is 17.1. The second-order valence-corrected chi connectivity index (χ2v) is 8.99. The number of aryl methyl sites for hydroxylation is 1. The van der Waals surface area contributed by atoms with Crippen molar-refractivity contribution in [1.82, 2.24) is 24.9 Å². The molecule has 174 valence electrons. The molecule has 1 saturated heterocycles. The fourth-order valence-corrected chi connectivity index (χ4v) is 5.09. The number of aliphatic hydroxyl groups excluding tert-OH is 1. The van der Waals surface area contributed by atoms with Crippen molar-refractivity contribution < 1.29 is 14.3 Å². The molecule has 3 aromatic rings. The van der Waals surface area contributed by atoms with Crippen LogP contribution in [0.1, 0.15) is 73.1 Å². The van der Waals surface area contributed by atoms with E-state index >= 15 is 0 Å². The zero-order chi connectivity index (χ0) is 22.9. The van der Waals surface area contributed by atoms with Gasteiger partial charge in [-0.15, -0.1) is 0 Å². The normalized spacial score (nSPS) is 23.2. The largest absolute Gasteiger partial charge is 0.393 e. The van der Waals surface area contributed by atoms with Crippen molar-refractivity contribution in [3.63, 3.8) is 0 Å². The van der Waals surface area contributed by atoms with E-state index in [0.717, 1.165) is 55.7 Å². The Kier molecular flexibility index (Phi) is 5.97. The lowest BCUT2D eigenvalue weighted by Gasteiger charge is -2.27. The van der Waals surface area contributed by atoms with Crippen molar-refractivity contribution in [3.8, 4) is 0 Å². The van der Waals surface area contributed by atoms with Gasteiger partial charge in [0, 0.05) is 24.5 Å². The lowest BCUT2D eigenvalue weighted by molar-refractivity contribution is 0.0869. The summed E-state index contributed by atoms with van der Waals surface area (Å²) in [4.78, 5) is 24.3. The molecular weight excluding hydrogens is 423 g/mol. The van der Waals surface area contributed by atoms with Crippen molar-refractivity contribution in [1.29, 1.82) is 0 Å². The van der Waals surface area contributed by atoms with E-state index in [2.05, 4.69) is 20.3 Å². The number of pyridine rings is 1. The molecule has 0 radical (unpaired) electrons. The Bertz CT molecular complexity index is 1160. The number of halogens is 1. The Morgan fingerprint density at radius 1 is 1.24 bits per heavy atom. The maximum atomic E-state index is 14.0. The van der Waals surface area contributed by atoms with E-state index in [1.54, 1.807) is 16.8 Å². The number of anilines is 1.